The number of hydrogen-bond donors (Lipinski definition) is 1. The first-order valence-corrected chi connectivity index (χ1v) is 13.1. The molecule has 30 heavy (non-hydrogen) atoms. The van der Waals surface area contributed by atoms with Crippen LogP contribution >= 0.6 is 0 Å². The summed E-state index contributed by atoms with van der Waals surface area (Å²) in [6.45, 7) is 19.1. The lowest BCUT2D eigenvalue weighted by Crippen LogP contribution is -2.52. The molecule has 1 nitrogen and oxygen atoms in total. The smallest absolute Gasteiger partial charge is 0.0603 e. The van der Waals surface area contributed by atoms with Crippen molar-refractivity contribution in [2.75, 3.05) is 0 Å². The molecule has 0 saturated heterocycles. The fourth-order valence-electron chi connectivity index (χ4n) is 9.29. The van der Waals surface area contributed by atoms with Gasteiger partial charge in [0.15, 0.2) is 0 Å². The van der Waals surface area contributed by atoms with Crippen LogP contribution in [0.2, 0.25) is 0 Å². The zero-order valence-corrected chi connectivity index (χ0v) is 20.7. The number of aliphatic hydroxyl groups is 1. The Balaban J connectivity index is 1.53. The van der Waals surface area contributed by atoms with Gasteiger partial charge in [0.2, 0.25) is 0 Å². The van der Waals surface area contributed by atoms with Gasteiger partial charge in [-0.3, -0.25) is 0 Å². The van der Waals surface area contributed by atoms with Gasteiger partial charge in [-0.25, -0.2) is 0 Å². The molecule has 4 aliphatic carbocycles. The molecular formula is C29H48O. The molecule has 0 amide bonds. The van der Waals surface area contributed by atoms with Gasteiger partial charge in [-0.1, -0.05) is 65.3 Å². The minimum absolute atomic E-state index is 0.120. The number of allylic oxidation sites excluding steroid dienone is 2. The molecule has 0 aliphatic heterocycles. The van der Waals surface area contributed by atoms with E-state index in [1.807, 2.05) is 0 Å². The number of aliphatic hydroxyl groups excluding tert-OH is 1. The highest BCUT2D eigenvalue weighted by Gasteiger charge is 2.59. The maximum Gasteiger partial charge on any atom is 0.0603 e. The first kappa shape index (κ1) is 22.6. The fourth-order valence-corrected chi connectivity index (χ4v) is 9.29. The van der Waals surface area contributed by atoms with Crippen molar-refractivity contribution >= 4 is 0 Å². The van der Waals surface area contributed by atoms with Crippen molar-refractivity contribution in [2.45, 2.75) is 105 Å². The Kier molecular flexibility index (Phi) is 6.10. The molecule has 0 spiro atoms. The largest absolute Gasteiger partial charge is 0.393 e. The molecule has 0 aromatic rings. The standard InChI is InChI=1S/C29H48O/c1-18(2)16-19(3)17-20(4)23-10-11-25-22-8-9-24-21(5)27(30)13-15-29(24,7)26(22)12-14-28(23,25)6/h9,18,20-23,25-27,30H,3,8,10-17H2,1-2,4-7H3/t20?,21-,22?,23+,25?,26?,27-,28+,29-/m0/s1. The van der Waals surface area contributed by atoms with E-state index in [0.717, 1.165) is 41.9 Å². The normalized spacial score (nSPS) is 46.6. The Labute approximate surface area is 186 Å². The lowest BCUT2D eigenvalue weighted by molar-refractivity contribution is -0.0639. The highest BCUT2D eigenvalue weighted by atomic mass is 16.3. The molecule has 1 N–H and O–H groups in total. The maximum absolute atomic E-state index is 10.5. The van der Waals surface area contributed by atoms with E-state index in [9.17, 15) is 5.11 Å². The van der Waals surface area contributed by atoms with Crippen LogP contribution in [-0.4, -0.2) is 11.2 Å². The van der Waals surface area contributed by atoms with Crippen molar-refractivity contribution < 1.29 is 5.11 Å². The van der Waals surface area contributed by atoms with Gasteiger partial charge in [-0.2, -0.15) is 0 Å². The number of fused-ring (bicyclic) bond motifs is 5. The molecule has 0 aromatic heterocycles. The monoisotopic (exact) mass is 412 g/mol. The molecule has 0 aromatic carbocycles. The van der Waals surface area contributed by atoms with Gasteiger partial charge in [0.25, 0.3) is 0 Å². The summed E-state index contributed by atoms with van der Waals surface area (Å²) in [7, 11) is 0. The minimum atomic E-state index is -0.120. The van der Waals surface area contributed by atoms with E-state index in [4.69, 9.17) is 0 Å². The average Bonchev–Trinajstić information content (AvgIpc) is 3.01. The highest BCUT2D eigenvalue weighted by Crippen LogP contribution is 2.67. The molecule has 170 valence electrons. The maximum atomic E-state index is 10.5. The Morgan fingerprint density at radius 3 is 2.50 bits per heavy atom. The molecule has 1 heteroatoms. The zero-order chi connectivity index (χ0) is 21.8. The van der Waals surface area contributed by atoms with E-state index in [2.05, 4.69) is 54.2 Å². The van der Waals surface area contributed by atoms with Gasteiger partial charge >= 0.3 is 0 Å². The number of hydrogen-bond acceptors (Lipinski definition) is 1. The van der Waals surface area contributed by atoms with Crippen molar-refractivity contribution in [3.05, 3.63) is 23.8 Å². The summed E-state index contributed by atoms with van der Waals surface area (Å²) in [5.41, 5.74) is 3.96. The van der Waals surface area contributed by atoms with E-state index in [1.165, 1.54) is 56.9 Å². The highest BCUT2D eigenvalue weighted by molar-refractivity contribution is 5.27. The van der Waals surface area contributed by atoms with E-state index >= 15 is 0 Å². The Morgan fingerprint density at radius 2 is 1.80 bits per heavy atom. The van der Waals surface area contributed by atoms with Crippen LogP contribution in [0.5, 0.6) is 0 Å². The SMILES string of the molecule is C=C(CC(C)C)CC(C)[C@H]1CCC2C3CC=C4[C@H](C)[C@@H](O)CC[C@]4(C)C3CC[C@@]21C. The zero-order valence-electron chi connectivity index (χ0n) is 20.7. The van der Waals surface area contributed by atoms with Crippen molar-refractivity contribution in [2.24, 2.45) is 52.3 Å². The van der Waals surface area contributed by atoms with Crippen molar-refractivity contribution in [1.29, 1.82) is 0 Å². The van der Waals surface area contributed by atoms with E-state index in [-0.39, 0.29) is 6.10 Å². The van der Waals surface area contributed by atoms with Gasteiger partial charge in [0.1, 0.15) is 0 Å². The number of rotatable bonds is 5. The summed E-state index contributed by atoms with van der Waals surface area (Å²) in [4.78, 5) is 0. The second-order valence-corrected chi connectivity index (χ2v) is 12.8. The molecule has 4 rings (SSSR count). The topological polar surface area (TPSA) is 20.2 Å². The van der Waals surface area contributed by atoms with E-state index in [1.54, 1.807) is 5.57 Å². The molecule has 3 fully saturated rings. The van der Waals surface area contributed by atoms with Gasteiger partial charge in [0, 0.05) is 5.92 Å². The summed E-state index contributed by atoms with van der Waals surface area (Å²) in [6, 6.07) is 0. The molecule has 0 heterocycles. The van der Waals surface area contributed by atoms with Crippen LogP contribution in [-0.2, 0) is 0 Å². The van der Waals surface area contributed by atoms with Crippen LogP contribution in [0, 0.1) is 52.3 Å². The minimum Gasteiger partial charge on any atom is -0.393 e. The van der Waals surface area contributed by atoms with E-state index < -0.39 is 0 Å². The quantitative estimate of drug-likeness (QED) is 0.457. The van der Waals surface area contributed by atoms with Crippen LogP contribution in [0.4, 0.5) is 0 Å². The summed E-state index contributed by atoms with van der Waals surface area (Å²) < 4.78 is 0. The van der Waals surface area contributed by atoms with Crippen LogP contribution < -0.4 is 0 Å². The Bertz CT molecular complexity index is 688. The lowest BCUT2D eigenvalue weighted by atomic mass is 9.46. The van der Waals surface area contributed by atoms with Crippen molar-refractivity contribution in [3.8, 4) is 0 Å². The first-order valence-electron chi connectivity index (χ1n) is 13.1. The first-order chi connectivity index (χ1) is 14.1. The molecule has 0 radical (unpaired) electrons. The predicted molar refractivity (Wildman–Crippen MR) is 128 cm³/mol. The Morgan fingerprint density at radius 1 is 1.07 bits per heavy atom. The third-order valence-corrected chi connectivity index (χ3v) is 10.6. The predicted octanol–water partition coefficient (Wildman–Crippen LogP) is 7.80. The Hall–Kier alpha value is -0.560. The third-order valence-electron chi connectivity index (χ3n) is 10.6. The van der Waals surface area contributed by atoms with Crippen LogP contribution in [0.1, 0.15) is 99.3 Å². The second-order valence-electron chi connectivity index (χ2n) is 12.8. The molecule has 4 aliphatic rings. The van der Waals surface area contributed by atoms with Crippen molar-refractivity contribution in [3.63, 3.8) is 0 Å². The van der Waals surface area contributed by atoms with Gasteiger partial charge in [-0.15, -0.1) is 0 Å². The van der Waals surface area contributed by atoms with Gasteiger partial charge in [0.05, 0.1) is 6.10 Å². The summed E-state index contributed by atoms with van der Waals surface area (Å²) in [6.07, 6.45) is 14.1. The van der Waals surface area contributed by atoms with Gasteiger partial charge in [-0.05, 0) is 104 Å². The third kappa shape index (κ3) is 3.56. The molecular weight excluding hydrogens is 364 g/mol. The molecule has 9 atom stereocenters. The van der Waals surface area contributed by atoms with Gasteiger partial charge < -0.3 is 5.11 Å². The second kappa shape index (κ2) is 8.09. The van der Waals surface area contributed by atoms with Crippen LogP contribution in [0.3, 0.4) is 0 Å². The van der Waals surface area contributed by atoms with Crippen LogP contribution in [0.25, 0.3) is 0 Å². The molecule has 0 bridgehead atoms. The summed E-state index contributed by atoms with van der Waals surface area (Å²) in [5.74, 6) is 5.36. The lowest BCUT2D eigenvalue weighted by Gasteiger charge is -2.59. The average molecular weight is 413 g/mol. The van der Waals surface area contributed by atoms with E-state index in [0.29, 0.717) is 16.7 Å². The van der Waals surface area contributed by atoms with Crippen molar-refractivity contribution in [1.82, 2.24) is 0 Å². The fraction of sp³-hybridized carbons (Fsp3) is 0.862. The molecule has 4 unspecified atom stereocenters. The van der Waals surface area contributed by atoms with Crippen LogP contribution in [0.15, 0.2) is 23.8 Å². The summed E-state index contributed by atoms with van der Waals surface area (Å²) in [5, 5.41) is 10.5. The summed E-state index contributed by atoms with van der Waals surface area (Å²) >= 11 is 0. The molecule has 3 saturated carbocycles.